The molecule has 3 heterocycles. The Morgan fingerprint density at radius 2 is 1.85 bits per heavy atom. The number of fused-ring (bicyclic) bond motifs is 1. The summed E-state index contributed by atoms with van der Waals surface area (Å²) in [5.41, 5.74) is 3.30. The van der Waals surface area contributed by atoms with E-state index < -0.39 is 0 Å². The monoisotopic (exact) mass is 476 g/mol. The predicted octanol–water partition coefficient (Wildman–Crippen LogP) is 5.60. The molecule has 0 saturated carbocycles. The summed E-state index contributed by atoms with van der Waals surface area (Å²) in [4.78, 5) is 15.8. The van der Waals surface area contributed by atoms with Crippen molar-refractivity contribution >= 4 is 28.4 Å². The van der Waals surface area contributed by atoms with E-state index in [9.17, 15) is 4.79 Å². The van der Waals surface area contributed by atoms with E-state index in [1.165, 1.54) is 0 Å². The molecule has 0 radical (unpaired) electrons. The summed E-state index contributed by atoms with van der Waals surface area (Å²) < 4.78 is 7.62. The van der Waals surface area contributed by atoms with Gasteiger partial charge in [0.25, 0.3) is 5.91 Å². The van der Waals surface area contributed by atoms with Crippen molar-refractivity contribution in [3.05, 3.63) is 77.1 Å². The van der Waals surface area contributed by atoms with Crippen LogP contribution in [-0.2, 0) is 6.54 Å². The molecular formula is C27H29ClN4O2. The Morgan fingerprint density at radius 3 is 2.59 bits per heavy atom. The van der Waals surface area contributed by atoms with Gasteiger partial charge in [0.2, 0.25) is 0 Å². The number of aromatic nitrogens is 2. The van der Waals surface area contributed by atoms with Crippen molar-refractivity contribution in [3.63, 3.8) is 0 Å². The number of para-hydroxylation sites is 1. The fraction of sp³-hybridized carbons (Fsp3) is 0.333. The Morgan fingerprint density at radius 1 is 1.12 bits per heavy atom. The third kappa shape index (κ3) is 4.74. The van der Waals surface area contributed by atoms with Crippen molar-refractivity contribution in [2.45, 2.75) is 45.3 Å². The molecule has 2 aromatic heterocycles. The molecule has 1 amide bonds. The summed E-state index contributed by atoms with van der Waals surface area (Å²) in [6, 6.07) is 20.1. The van der Waals surface area contributed by atoms with E-state index >= 15 is 0 Å². The number of hydrogen-bond acceptors (Lipinski definition) is 4. The SMILES string of the molecule is CC(C)N1CCC(NC(=O)c2cc3ccccc3n2Cc2cc(-c3ccc(Cl)cc3)on2)CC1. The van der Waals surface area contributed by atoms with Gasteiger partial charge in [-0.1, -0.05) is 35.0 Å². The van der Waals surface area contributed by atoms with Gasteiger partial charge < -0.3 is 19.3 Å². The molecule has 0 unspecified atom stereocenters. The Kier molecular flexibility index (Phi) is 6.44. The van der Waals surface area contributed by atoms with Crippen LogP contribution >= 0.6 is 11.6 Å². The quantitative estimate of drug-likeness (QED) is 0.393. The molecule has 4 aromatic rings. The van der Waals surface area contributed by atoms with Gasteiger partial charge in [0.05, 0.1) is 6.54 Å². The molecule has 1 fully saturated rings. The molecule has 1 aliphatic rings. The fourth-order valence-electron chi connectivity index (χ4n) is 4.69. The molecule has 176 valence electrons. The average molecular weight is 477 g/mol. The molecule has 0 bridgehead atoms. The zero-order valence-electron chi connectivity index (χ0n) is 19.5. The molecule has 7 heteroatoms. The normalized spacial score (nSPS) is 15.3. The molecular weight excluding hydrogens is 448 g/mol. The van der Waals surface area contributed by atoms with Crippen molar-refractivity contribution in [2.24, 2.45) is 0 Å². The number of nitrogens with one attached hydrogen (secondary N) is 1. The first-order chi connectivity index (χ1) is 16.5. The van der Waals surface area contributed by atoms with Crippen molar-refractivity contribution in [1.29, 1.82) is 0 Å². The number of likely N-dealkylation sites (tertiary alicyclic amines) is 1. The maximum absolute atomic E-state index is 13.4. The van der Waals surface area contributed by atoms with Crippen molar-refractivity contribution in [1.82, 2.24) is 19.9 Å². The lowest BCUT2D eigenvalue weighted by atomic mass is 10.0. The molecule has 5 rings (SSSR count). The maximum atomic E-state index is 13.4. The van der Waals surface area contributed by atoms with Crippen molar-refractivity contribution in [3.8, 4) is 11.3 Å². The highest BCUT2D eigenvalue weighted by atomic mass is 35.5. The lowest BCUT2D eigenvalue weighted by Gasteiger charge is -2.34. The minimum atomic E-state index is -0.0411. The first-order valence-corrected chi connectivity index (χ1v) is 12.2. The van der Waals surface area contributed by atoms with Gasteiger partial charge in [0.1, 0.15) is 11.4 Å². The predicted molar refractivity (Wildman–Crippen MR) is 135 cm³/mol. The third-order valence-electron chi connectivity index (χ3n) is 6.65. The van der Waals surface area contributed by atoms with E-state index in [2.05, 4.69) is 29.2 Å². The number of nitrogens with zero attached hydrogens (tertiary/aromatic N) is 3. The third-order valence-corrected chi connectivity index (χ3v) is 6.90. The number of carbonyl (C=O) groups is 1. The number of halogens is 1. The molecule has 1 aliphatic heterocycles. The van der Waals surface area contributed by atoms with Crippen molar-refractivity contribution < 1.29 is 9.32 Å². The number of carbonyl (C=O) groups excluding carboxylic acids is 1. The smallest absolute Gasteiger partial charge is 0.268 e. The Labute approximate surface area is 204 Å². The summed E-state index contributed by atoms with van der Waals surface area (Å²) in [5, 5.41) is 9.25. The zero-order valence-corrected chi connectivity index (χ0v) is 20.3. The average Bonchev–Trinajstić information content (AvgIpc) is 3.45. The lowest BCUT2D eigenvalue weighted by molar-refractivity contribution is 0.0892. The topological polar surface area (TPSA) is 63.3 Å². The van der Waals surface area contributed by atoms with Crippen molar-refractivity contribution in [2.75, 3.05) is 13.1 Å². The van der Waals surface area contributed by atoms with Gasteiger partial charge in [0, 0.05) is 52.7 Å². The highest BCUT2D eigenvalue weighted by molar-refractivity contribution is 6.30. The molecule has 0 aliphatic carbocycles. The van der Waals surface area contributed by atoms with Crippen LogP contribution in [0.25, 0.3) is 22.2 Å². The summed E-state index contributed by atoms with van der Waals surface area (Å²) in [7, 11) is 0. The van der Waals surface area contributed by atoms with E-state index in [-0.39, 0.29) is 11.9 Å². The van der Waals surface area contributed by atoms with E-state index in [1.807, 2.05) is 65.2 Å². The van der Waals surface area contributed by atoms with Crippen LogP contribution in [0.2, 0.25) is 5.02 Å². The molecule has 0 atom stereocenters. The second-order valence-electron chi connectivity index (χ2n) is 9.24. The van der Waals surface area contributed by atoms with Gasteiger partial charge in [-0.15, -0.1) is 0 Å². The Balaban J connectivity index is 1.37. The number of rotatable bonds is 6. The summed E-state index contributed by atoms with van der Waals surface area (Å²) in [6.45, 7) is 6.91. The van der Waals surface area contributed by atoms with E-state index in [4.69, 9.17) is 16.1 Å². The lowest BCUT2D eigenvalue weighted by Crippen LogP contribution is -2.46. The second-order valence-corrected chi connectivity index (χ2v) is 9.68. The van der Waals surface area contributed by atoms with Gasteiger partial charge in [-0.05, 0) is 63.1 Å². The Hall–Kier alpha value is -3.09. The highest BCUT2D eigenvalue weighted by Gasteiger charge is 2.24. The van der Waals surface area contributed by atoms with E-state index in [0.29, 0.717) is 29.1 Å². The number of hydrogen-bond donors (Lipinski definition) is 1. The van der Waals surface area contributed by atoms with Crippen LogP contribution in [0.15, 0.2) is 65.2 Å². The summed E-state index contributed by atoms with van der Waals surface area (Å²) in [6.07, 6.45) is 1.94. The van der Waals surface area contributed by atoms with Crippen LogP contribution in [0.4, 0.5) is 0 Å². The maximum Gasteiger partial charge on any atom is 0.268 e. The molecule has 2 aromatic carbocycles. The minimum Gasteiger partial charge on any atom is -0.356 e. The van der Waals surface area contributed by atoms with Crippen LogP contribution in [0.5, 0.6) is 0 Å². The van der Waals surface area contributed by atoms with Crippen LogP contribution in [0, 0.1) is 0 Å². The van der Waals surface area contributed by atoms with E-state index in [0.717, 1.165) is 48.1 Å². The first-order valence-electron chi connectivity index (χ1n) is 11.8. The molecule has 34 heavy (non-hydrogen) atoms. The second kappa shape index (κ2) is 9.65. The van der Waals surface area contributed by atoms with Crippen LogP contribution in [-0.4, -0.2) is 45.7 Å². The molecule has 0 spiro atoms. The van der Waals surface area contributed by atoms with Gasteiger partial charge >= 0.3 is 0 Å². The van der Waals surface area contributed by atoms with Gasteiger partial charge in [0.15, 0.2) is 5.76 Å². The Bertz CT molecular complexity index is 1280. The van der Waals surface area contributed by atoms with Crippen LogP contribution in [0.3, 0.4) is 0 Å². The summed E-state index contributed by atoms with van der Waals surface area (Å²) in [5.74, 6) is 0.631. The van der Waals surface area contributed by atoms with Crippen LogP contribution in [0.1, 0.15) is 42.9 Å². The molecule has 1 saturated heterocycles. The standard InChI is InChI=1S/C27H29ClN4O2/c1-18(2)31-13-11-22(12-14-31)29-27(33)25-15-20-5-3-4-6-24(20)32(25)17-23-16-26(34-30-23)19-7-9-21(28)10-8-19/h3-10,15-16,18,22H,11-14,17H2,1-2H3,(H,29,33). The summed E-state index contributed by atoms with van der Waals surface area (Å²) >= 11 is 6.00. The number of piperidine rings is 1. The van der Waals surface area contributed by atoms with Gasteiger partial charge in [-0.25, -0.2) is 0 Å². The number of amides is 1. The largest absolute Gasteiger partial charge is 0.356 e. The minimum absolute atomic E-state index is 0.0411. The fourth-order valence-corrected chi connectivity index (χ4v) is 4.81. The first kappa shape index (κ1) is 22.7. The number of benzene rings is 2. The van der Waals surface area contributed by atoms with E-state index in [1.54, 1.807) is 0 Å². The van der Waals surface area contributed by atoms with Gasteiger partial charge in [-0.3, -0.25) is 4.79 Å². The van der Waals surface area contributed by atoms with Crippen LogP contribution < -0.4 is 5.32 Å². The highest BCUT2D eigenvalue weighted by Crippen LogP contribution is 2.25. The molecule has 6 nitrogen and oxygen atoms in total. The van der Waals surface area contributed by atoms with Gasteiger partial charge in [-0.2, -0.15) is 0 Å². The zero-order chi connectivity index (χ0) is 23.7. The molecule has 1 N–H and O–H groups in total.